The quantitative estimate of drug-likeness (QED) is 0.862. The van der Waals surface area contributed by atoms with Crippen LogP contribution in [0.2, 0.25) is 0 Å². The van der Waals surface area contributed by atoms with E-state index in [0.29, 0.717) is 18.8 Å². The van der Waals surface area contributed by atoms with Crippen LogP contribution >= 0.6 is 11.3 Å². The highest BCUT2D eigenvalue weighted by atomic mass is 32.1. The van der Waals surface area contributed by atoms with Crippen LogP contribution in [0.3, 0.4) is 0 Å². The smallest absolute Gasteiger partial charge is 0.276 e. The van der Waals surface area contributed by atoms with Gasteiger partial charge in [-0.05, 0) is 18.4 Å². The summed E-state index contributed by atoms with van der Waals surface area (Å²) in [7, 11) is 1.79. The molecule has 108 valence electrons. The van der Waals surface area contributed by atoms with Crippen molar-refractivity contribution < 1.29 is 4.79 Å². The second kappa shape index (κ2) is 6.62. The number of nitrogens with two attached hydrogens (primary N) is 1. The zero-order valence-electron chi connectivity index (χ0n) is 11.7. The number of carbonyl (C=O) groups excluding carboxylic acids is 1. The standard InChI is InChI=1S/C13H19N5OS/c1-10(8-11-4-3-7-20-11)17(2)13(19)12-9-18(6-5-14)16-15-12/h3-4,7,9-10H,5-6,8,14H2,1-2H3. The summed E-state index contributed by atoms with van der Waals surface area (Å²) in [6, 6.07) is 4.21. The van der Waals surface area contributed by atoms with E-state index in [-0.39, 0.29) is 11.9 Å². The van der Waals surface area contributed by atoms with E-state index in [0.717, 1.165) is 6.42 Å². The summed E-state index contributed by atoms with van der Waals surface area (Å²) in [6.07, 6.45) is 2.49. The van der Waals surface area contributed by atoms with Crippen molar-refractivity contribution in [2.24, 2.45) is 5.73 Å². The maximum atomic E-state index is 12.3. The van der Waals surface area contributed by atoms with E-state index in [4.69, 9.17) is 5.73 Å². The van der Waals surface area contributed by atoms with Gasteiger partial charge in [-0.3, -0.25) is 9.48 Å². The molecular formula is C13H19N5OS. The third-order valence-electron chi connectivity index (χ3n) is 3.17. The minimum absolute atomic E-state index is 0.112. The van der Waals surface area contributed by atoms with Gasteiger partial charge in [0.05, 0.1) is 12.7 Å². The second-order valence-electron chi connectivity index (χ2n) is 4.70. The van der Waals surface area contributed by atoms with Gasteiger partial charge in [-0.25, -0.2) is 0 Å². The molecule has 20 heavy (non-hydrogen) atoms. The molecule has 0 aromatic carbocycles. The van der Waals surface area contributed by atoms with Gasteiger partial charge in [0, 0.05) is 30.9 Å². The molecule has 0 aliphatic heterocycles. The number of thiophene rings is 1. The fourth-order valence-electron chi connectivity index (χ4n) is 1.88. The molecule has 0 saturated heterocycles. The van der Waals surface area contributed by atoms with Crippen molar-refractivity contribution in [1.82, 2.24) is 19.9 Å². The van der Waals surface area contributed by atoms with E-state index in [1.807, 2.05) is 18.4 Å². The Hall–Kier alpha value is -1.73. The molecule has 2 N–H and O–H groups in total. The number of amides is 1. The monoisotopic (exact) mass is 293 g/mol. The van der Waals surface area contributed by atoms with Gasteiger partial charge in [0.2, 0.25) is 0 Å². The number of hydrogen-bond donors (Lipinski definition) is 1. The molecule has 0 radical (unpaired) electrons. The van der Waals surface area contributed by atoms with Gasteiger partial charge in [0.25, 0.3) is 5.91 Å². The Bertz CT molecular complexity index is 551. The number of aromatic nitrogens is 3. The molecule has 2 heterocycles. The van der Waals surface area contributed by atoms with Crippen molar-refractivity contribution >= 4 is 17.2 Å². The second-order valence-corrected chi connectivity index (χ2v) is 5.74. The Morgan fingerprint density at radius 3 is 3.05 bits per heavy atom. The van der Waals surface area contributed by atoms with Crippen LogP contribution in [0.1, 0.15) is 22.3 Å². The van der Waals surface area contributed by atoms with Crippen molar-refractivity contribution in [3.63, 3.8) is 0 Å². The molecule has 7 heteroatoms. The van der Waals surface area contributed by atoms with Crippen LogP contribution in [0.15, 0.2) is 23.7 Å². The van der Waals surface area contributed by atoms with Gasteiger partial charge < -0.3 is 10.6 Å². The highest BCUT2D eigenvalue weighted by molar-refractivity contribution is 7.09. The fraction of sp³-hybridized carbons (Fsp3) is 0.462. The van der Waals surface area contributed by atoms with Crippen molar-refractivity contribution in [2.75, 3.05) is 13.6 Å². The van der Waals surface area contributed by atoms with Crippen LogP contribution in [-0.4, -0.2) is 45.4 Å². The van der Waals surface area contributed by atoms with E-state index in [1.165, 1.54) is 4.88 Å². The third kappa shape index (κ3) is 3.43. The predicted octanol–water partition coefficient (Wildman–Crippen LogP) is 1.00. The van der Waals surface area contributed by atoms with Gasteiger partial charge in [0.15, 0.2) is 5.69 Å². The molecule has 0 spiro atoms. The Labute approximate surface area is 122 Å². The minimum atomic E-state index is -0.114. The summed E-state index contributed by atoms with van der Waals surface area (Å²) in [6.45, 7) is 3.07. The number of likely N-dealkylation sites (N-methyl/N-ethyl adjacent to an activating group) is 1. The van der Waals surface area contributed by atoms with Gasteiger partial charge in [0.1, 0.15) is 0 Å². The first-order valence-electron chi connectivity index (χ1n) is 6.51. The summed E-state index contributed by atoms with van der Waals surface area (Å²) < 4.78 is 1.59. The van der Waals surface area contributed by atoms with Crippen molar-refractivity contribution in [1.29, 1.82) is 0 Å². The molecule has 2 aromatic heterocycles. The topological polar surface area (TPSA) is 77.0 Å². The predicted molar refractivity (Wildman–Crippen MR) is 78.7 cm³/mol. The molecular weight excluding hydrogens is 274 g/mol. The minimum Gasteiger partial charge on any atom is -0.337 e. The highest BCUT2D eigenvalue weighted by Crippen LogP contribution is 2.14. The third-order valence-corrected chi connectivity index (χ3v) is 4.07. The summed E-state index contributed by atoms with van der Waals surface area (Å²) >= 11 is 1.70. The van der Waals surface area contributed by atoms with Gasteiger partial charge in [-0.1, -0.05) is 11.3 Å². The Morgan fingerprint density at radius 1 is 1.60 bits per heavy atom. The number of rotatable bonds is 6. The first-order valence-corrected chi connectivity index (χ1v) is 7.39. The largest absolute Gasteiger partial charge is 0.337 e. The first-order chi connectivity index (χ1) is 9.61. The molecule has 6 nitrogen and oxygen atoms in total. The van der Waals surface area contributed by atoms with Crippen LogP contribution in [0.25, 0.3) is 0 Å². The van der Waals surface area contributed by atoms with Crippen LogP contribution < -0.4 is 5.73 Å². The lowest BCUT2D eigenvalue weighted by atomic mass is 10.2. The zero-order chi connectivity index (χ0) is 14.5. The summed E-state index contributed by atoms with van der Waals surface area (Å²) in [4.78, 5) is 15.3. The Morgan fingerprint density at radius 2 is 2.40 bits per heavy atom. The fourth-order valence-corrected chi connectivity index (χ4v) is 2.70. The molecule has 0 fully saturated rings. The van der Waals surface area contributed by atoms with Crippen LogP contribution in [-0.2, 0) is 13.0 Å². The average Bonchev–Trinajstić information content (AvgIpc) is 3.09. The van der Waals surface area contributed by atoms with E-state index in [9.17, 15) is 4.79 Å². The van der Waals surface area contributed by atoms with E-state index >= 15 is 0 Å². The summed E-state index contributed by atoms with van der Waals surface area (Å²) in [5.41, 5.74) is 5.81. The Kier molecular flexibility index (Phi) is 4.86. The molecule has 0 saturated carbocycles. The maximum Gasteiger partial charge on any atom is 0.276 e. The number of hydrogen-bond acceptors (Lipinski definition) is 5. The number of nitrogens with zero attached hydrogens (tertiary/aromatic N) is 4. The lowest BCUT2D eigenvalue weighted by Crippen LogP contribution is -2.36. The van der Waals surface area contributed by atoms with E-state index < -0.39 is 0 Å². The molecule has 2 rings (SSSR count). The SMILES string of the molecule is CC(Cc1cccs1)N(C)C(=O)c1cn(CCN)nn1. The lowest BCUT2D eigenvalue weighted by molar-refractivity contribution is 0.0738. The normalized spacial score (nSPS) is 12.3. The Balaban J connectivity index is 1.99. The zero-order valence-corrected chi connectivity index (χ0v) is 12.5. The van der Waals surface area contributed by atoms with E-state index in [2.05, 4.69) is 16.4 Å². The molecule has 1 amide bonds. The van der Waals surface area contributed by atoms with E-state index in [1.54, 1.807) is 34.2 Å². The molecule has 0 bridgehead atoms. The van der Waals surface area contributed by atoms with Gasteiger partial charge in [-0.15, -0.1) is 16.4 Å². The van der Waals surface area contributed by atoms with Gasteiger partial charge >= 0.3 is 0 Å². The maximum absolute atomic E-state index is 12.3. The summed E-state index contributed by atoms with van der Waals surface area (Å²) in [5, 5.41) is 9.83. The molecule has 0 aliphatic rings. The molecule has 2 aromatic rings. The number of carbonyl (C=O) groups is 1. The molecule has 0 aliphatic carbocycles. The highest BCUT2D eigenvalue weighted by Gasteiger charge is 2.20. The van der Waals surface area contributed by atoms with Gasteiger partial charge in [-0.2, -0.15) is 0 Å². The van der Waals surface area contributed by atoms with Crippen LogP contribution in [0, 0.1) is 0 Å². The molecule has 1 atom stereocenters. The van der Waals surface area contributed by atoms with Crippen LogP contribution in [0.5, 0.6) is 0 Å². The average molecular weight is 293 g/mol. The summed E-state index contributed by atoms with van der Waals surface area (Å²) in [5.74, 6) is -0.114. The molecule has 1 unspecified atom stereocenters. The lowest BCUT2D eigenvalue weighted by Gasteiger charge is -2.23. The van der Waals surface area contributed by atoms with Crippen molar-refractivity contribution in [3.8, 4) is 0 Å². The van der Waals surface area contributed by atoms with Crippen molar-refractivity contribution in [2.45, 2.75) is 25.9 Å². The first kappa shape index (κ1) is 14.7. The van der Waals surface area contributed by atoms with Crippen LogP contribution in [0.4, 0.5) is 0 Å². The van der Waals surface area contributed by atoms with Crippen molar-refractivity contribution in [3.05, 3.63) is 34.3 Å².